The van der Waals surface area contributed by atoms with Crippen molar-refractivity contribution in [3.8, 4) is 22.3 Å². The van der Waals surface area contributed by atoms with Gasteiger partial charge in [0.2, 0.25) is 0 Å². The van der Waals surface area contributed by atoms with Crippen molar-refractivity contribution < 1.29 is 9.13 Å². The molecular weight excluding hydrogens is 289 g/mol. The third-order valence-electron chi connectivity index (χ3n) is 3.18. The normalized spacial score (nSPS) is 10.8. The summed E-state index contributed by atoms with van der Waals surface area (Å²) in [6.45, 7) is 1.92. The van der Waals surface area contributed by atoms with Gasteiger partial charge in [0.1, 0.15) is 17.3 Å². The van der Waals surface area contributed by atoms with Gasteiger partial charge in [0.05, 0.1) is 5.69 Å². The van der Waals surface area contributed by atoms with E-state index in [1.165, 1.54) is 17.4 Å². The SMILES string of the molecule is CCc1ccc(Oc2nc(-c3ccnn3C)cs2)cc1F. The number of hydrogen-bond acceptors (Lipinski definition) is 4. The second kappa shape index (κ2) is 5.65. The highest BCUT2D eigenvalue weighted by molar-refractivity contribution is 7.11. The van der Waals surface area contributed by atoms with Crippen molar-refractivity contribution in [2.45, 2.75) is 13.3 Å². The van der Waals surface area contributed by atoms with E-state index in [0.29, 0.717) is 22.9 Å². The summed E-state index contributed by atoms with van der Waals surface area (Å²) in [5.74, 6) is 0.203. The molecule has 0 fully saturated rings. The first-order valence-corrected chi connectivity index (χ1v) is 7.45. The highest BCUT2D eigenvalue weighted by Crippen LogP contribution is 2.30. The third-order valence-corrected chi connectivity index (χ3v) is 3.89. The molecule has 4 nitrogen and oxygen atoms in total. The lowest BCUT2D eigenvalue weighted by molar-refractivity contribution is 0.472. The second-order valence-corrected chi connectivity index (χ2v) is 5.37. The molecule has 2 heterocycles. The Morgan fingerprint density at radius 2 is 2.19 bits per heavy atom. The molecule has 0 aliphatic rings. The third kappa shape index (κ3) is 2.80. The van der Waals surface area contributed by atoms with E-state index in [1.807, 2.05) is 25.4 Å². The van der Waals surface area contributed by atoms with Crippen LogP contribution < -0.4 is 4.74 Å². The Morgan fingerprint density at radius 1 is 1.33 bits per heavy atom. The zero-order chi connectivity index (χ0) is 14.8. The van der Waals surface area contributed by atoms with Gasteiger partial charge in [0.15, 0.2) is 0 Å². The van der Waals surface area contributed by atoms with Crippen molar-refractivity contribution in [3.63, 3.8) is 0 Å². The fourth-order valence-corrected chi connectivity index (χ4v) is 2.71. The molecule has 2 aromatic heterocycles. The first-order chi connectivity index (χ1) is 10.2. The molecule has 0 amide bonds. The van der Waals surface area contributed by atoms with E-state index in [9.17, 15) is 4.39 Å². The van der Waals surface area contributed by atoms with E-state index in [-0.39, 0.29) is 5.82 Å². The minimum Gasteiger partial charge on any atom is -0.431 e. The molecule has 21 heavy (non-hydrogen) atoms. The Morgan fingerprint density at radius 3 is 2.86 bits per heavy atom. The molecule has 6 heteroatoms. The molecule has 0 aliphatic carbocycles. The van der Waals surface area contributed by atoms with Gasteiger partial charge in [-0.25, -0.2) is 9.37 Å². The standard InChI is InChI=1S/C15H14FN3OS/c1-3-10-4-5-11(8-12(10)16)20-15-18-13(9-21-15)14-6-7-17-19(14)2/h4-9H,3H2,1-2H3. The molecule has 0 atom stereocenters. The molecular formula is C15H14FN3OS. The number of ether oxygens (including phenoxy) is 1. The molecule has 0 spiro atoms. The predicted molar refractivity (Wildman–Crippen MR) is 80.2 cm³/mol. The van der Waals surface area contributed by atoms with E-state index >= 15 is 0 Å². The van der Waals surface area contributed by atoms with Crippen LogP contribution in [0.25, 0.3) is 11.4 Å². The van der Waals surface area contributed by atoms with Gasteiger partial charge in [0.25, 0.3) is 5.19 Å². The Balaban J connectivity index is 1.81. The van der Waals surface area contributed by atoms with E-state index in [0.717, 1.165) is 11.4 Å². The fraction of sp³-hybridized carbons (Fsp3) is 0.200. The monoisotopic (exact) mass is 303 g/mol. The number of rotatable bonds is 4. The molecule has 3 aromatic rings. The summed E-state index contributed by atoms with van der Waals surface area (Å²) in [6.07, 6.45) is 2.38. The van der Waals surface area contributed by atoms with Gasteiger partial charge < -0.3 is 4.74 Å². The van der Waals surface area contributed by atoms with Crippen LogP contribution in [0.3, 0.4) is 0 Å². The van der Waals surface area contributed by atoms with Gasteiger partial charge in [-0.15, -0.1) is 0 Å². The zero-order valence-electron chi connectivity index (χ0n) is 11.7. The van der Waals surface area contributed by atoms with Crippen LogP contribution in [-0.4, -0.2) is 14.8 Å². The van der Waals surface area contributed by atoms with Crippen LogP contribution in [0.2, 0.25) is 0 Å². The summed E-state index contributed by atoms with van der Waals surface area (Å²) in [7, 11) is 1.86. The largest absolute Gasteiger partial charge is 0.431 e. The molecule has 0 aliphatic heterocycles. The van der Waals surface area contributed by atoms with Crippen LogP contribution in [-0.2, 0) is 13.5 Å². The van der Waals surface area contributed by atoms with Gasteiger partial charge in [-0.05, 0) is 24.1 Å². The first kappa shape index (κ1) is 13.8. The van der Waals surface area contributed by atoms with Crippen molar-refractivity contribution in [2.24, 2.45) is 7.05 Å². The summed E-state index contributed by atoms with van der Waals surface area (Å²) >= 11 is 1.37. The molecule has 0 N–H and O–H groups in total. The fourth-order valence-electron chi connectivity index (χ4n) is 2.03. The van der Waals surface area contributed by atoms with E-state index in [4.69, 9.17) is 4.74 Å². The zero-order valence-corrected chi connectivity index (χ0v) is 12.5. The number of aromatic nitrogens is 3. The van der Waals surface area contributed by atoms with Crippen LogP contribution >= 0.6 is 11.3 Å². The Bertz CT molecular complexity index is 766. The van der Waals surface area contributed by atoms with Crippen LogP contribution in [0.4, 0.5) is 4.39 Å². The second-order valence-electron chi connectivity index (χ2n) is 4.55. The average molecular weight is 303 g/mol. The number of benzene rings is 1. The van der Waals surface area contributed by atoms with Crippen molar-refractivity contribution >= 4 is 11.3 Å². The lowest BCUT2D eigenvalue weighted by Gasteiger charge is -2.04. The van der Waals surface area contributed by atoms with E-state index in [2.05, 4.69) is 10.1 Å². The molecule has 1 aromatic carbocycles. The maximum atomic E-state index is 13.7. The molecule has 0 saturated heterocycles. The summed E-state index contributed by atoms with van der Waals surface area (Å²) in [5, 5.41) is 6.48. The summed E-state index contributed by atoms with van der Waals surface area (Å²) < 4.78 is 21.1. The molecule has 108 valence electrons. The summed E-state index contributed by atoms with van der Waals surface area (Å²) in [4.78, 5) is 4.39. The molecule has 3 rings (SSSR count). The lowest BCUT2D eigenvalue weighted by atomic mass is 10.1. The average Bonchev–Trinajstić information content (AvgIpc) is 3.08. The maximum Gasteiger partial charge on any atom is 0.279 e. The van der Waals surface area contributed by atoms with Crippen molar-refractivity contribution in [3.05, 3.63) is 47.2 Å². The quantitative estimate of drug-likeness (QED) is 0.730. The van der Waals surface area contributed by atoms with Gasteiger partial charge >= 0.3 is 0 Å². The molecule has 0 radical (unpaired) electrons. The number of halogens is 1. The molecule has 0 saturated carbocycles. The van der Waals surface area contributed by atoms with Crippen LogP contribution in [0.15, 0.2) is 35.8 Å². The van der Waals surface area contributed by atoms with Gasteiger partial charge in [-0.1, -0.05) is 24.3 Å². The number of aryl methyl sites for hydroxylation is 2. The Kier molecular flexibility index (Phi) is 3.70. The van der Waals surface area contributed by atoms with Crippen molar-refractivity contribution in [1.29, 1.82) is 0 Å². The van der Waals surface area contributed by atoms with Crippen molar-refractivity contribution in [1.82, 2.24) is 14.8 Å². The topological polar surface area (TPSA) is 39.9 Å². The number of thiazole rings is 1. The number of nitrogens with zero attached hydrogens (tertiary/aromatic N) is 3. The minimum atomic E-state index is -0.251. The highest BCUT2D eigenvalue weighted by Gasteiger charge is 2.10. The number of hydrogen-bond donors (Lipinski definition) is 0. The van der Waals surface area contributed by atoms with E-state index in [1.54, 1.807) is 23.0 Å². The lowest BCUT2D eigenvalue weighted by Crippen LogP contribution is -1.93. The molecule has 0 bridgehead atoms. The van der Waals surface area contributed by atoms with Crippen molar-refractivity contribution in [2.75, 3.05) is 0 Å². The predicted octanol–water partition coefficient (Wildman–Crippen LogP) is 4.04. The molecule has 0 unspecified atom stereocenters. The Labute approximate surface area is 125 Å². The smallest absolute Gasteiger partial charge is 0.279 e. The minimum absolute atomic E-state index is 0.251. The van der Waals surface area contributed by atoms with Crippen LogP contribution in [0.5, 0.6) is 10.9 Å². The van der Waals surface area contributed by atoms with Gasteiger partial charge in [0, 0.05) is 24.7 Å². The Hall–Kier alpha value is -2.21. The van der Waals surface area contributed by atoms with Crippen LogP contribution in [0, 0.1) is 5.82 Å². The highest BCUT2D eigenvalue weighted by atomic mass is 32.1. The van der Waals surface area contributed by atoms with Gasteiger partial charge in [-0.2, -0.15) is 5.10 Å². The van der Waals surface area contributed by atoms with Gasteiger partial charge in [-0.3, -0.25) is 4.68 Å². The first-order valence-electron chi connectivity index (χ1n) is 6.57. The van der Waals surface area contributed by atoms with Crippen LogP contribution in [0.1, 0.15) is 12.5 Å². The maximum absolute atomic E-state index is 13.7. The summed E-state index contributed by atoms with van der Waals surface area (Å²) in [6, 6.07) is 6.77. The van der Waals surface area contributed by atoms with E-state index < -0.39 is 0 Å². The summed E-state index contributed by atoms with van der Waals surface area (Å²) in [5.41, 5.74) is 2.38.